The first-order valence-electron chi connectivity index (χ1n) is 8.31. The van der Waals surface area contributed by atoms with Crippen molar-refractivity contribution < 1.29 is 9.53 Å². The molecule has 4 nitrogen and oxygen atoms in total. The monoisotopic (exact) mass is 336 g/mol. The van der Waals surface area contributed by atoms with Gasteiger partial charge in [-0.3, -0.25) is 9.69 Å². The van der Waals surface area contributed by atoms with Gasteiger partial charge in [0.25, 0.3) is 0 Å². The summed E-state index contributed by atoms with van der Waals surface area (Å²) < 4.78 is 5.17. The molecular formula is C18H28N2O2S. The van der Waals surface area contributed by atoms with E-state index in [4.69, 9.17) is 4.74 Å². The van der Waals surface area contributed by atoms with Crippen molar-refractivity contribution in [2.75, 3.05) is 39.8 Å². The topological polar surface area (TPSA) is 32.8 Å². The first kappa shape index (κ1) is 18.1. The van der Waals surface area contributed by atoms with Crippen molar-refractivity contribution in [2.45, 2.75) is 30.9 Å². The lowest BCUT2D eigenvalue weighted by atomic mass is 10.2. The minimum absolute atomic E-state index is 0.0555. The summed E-state index contributed by atoms with van der Waals surface area (Å²) in [4.78, 5) is 18.2. The molecule has 1 aromatic carbocycles. The molecule has 0 saturated carbocycles. The summed E-state index contributed by atoms with van der Waals surface area (Å²) in [5.41, 5.74) is 0. The maximum absolute atomic E-state index is 12.6. The second kappa shape index (κ2) is 8.60. The number of thioether (sulfide) groups is 1. The predicted molar refractivity (Wildman–Crippen MR) is 96.2 cm³/mol. The van der Waals surface area contributed by atoms with E-state index in [1.54, 1.807) is 18.9 Å². The van der Waals surface area contributed by atoms with E-state index in [0.717, 1.165) is 43.4 Å². The molecule has 0 aromatic heterocycles. The van der Waals surface area contributed by atoms with Crippen LogP contribution in [0.5, 0.6) is 5.75 Å². The van der Waals surface area contributed by atoms with Gasteiger partial charge in [0.1, 0.15) is 5.75 Å². The van der Waals surface area contributed by atoms with Gasteiger partial charge in [-0.15, -0.1) is 11.8 Å². The van der Waals surface area contributed by atoms with E-state index >= 15 is 0 Å². The molecule has 5 heteroatoms. The quantitative estimate of drug-likeness (QED) is 0.748. The van der Waals surface area contributed by atoms with Crippen molar-refractivity contribution in [3.63, 3.8) is 0 Å². The third-order valence-electron chi connectivity index (χ3n) is 4.03. The highest BCUT2D eigenvalue weighted by molar-refractivity contribution is 8.00. The number of piperazine rings is 1. The van der Waals surface area contributed by atoms with Gasteiger partial charge in [-0.2, -0.15) is 0 Å². The maximum Gasteiger partial charge on any atom is 0.235 e. The Kier molecular flexibility index (Phi) is 6.78. The molecule has 1 aliphatic rings. The lowest BCUT2D eigenvalue weighted by Crippen LogP contribution is -2.51. The maximum atomic E-state index is 12.6. The van der Waals surface area contributed by atoms with Gasteiger partial charge in [0.2, 0.25) is 5.91 Å². The van der Waals surface area contributed by atoms with E-state index in [9.17, 15) is 4.79 Å². The first-order chi connectivity index (χ1) is 11.0. The molecule has 1 aromatic rings. The number of carbonyl (C=O) groups excluding carboxylic acids is 1. The molecule has 128 valence electrons. The molecule has 1 heterocycles. The Bertz CT molecular complexity index is 496. The average molecular weight is 337 g/mol. The Morgan fingerprint density at radius 3 is 2.26 bits per heavy atom. The molecule has 0 aliphatic carbocycles. The van der Waals surface area contributed by atoms with Crippen LogP contribution in [0.2, 0.25) is 0 Å². The number of hydrogen-bond donors (Lipinski definition) is 0. The van der Waals surface area contributed by atoms with E-state index in [1.807, 2.05) is 36.1 Å². The van der Waals surface area contributed by atoms with Crippen LogP contribution < -0.4 is 4.74 Å². The SMILES string of the molecule is COc1ccc(SC(C)C(=O)N2CCN(CC(C)C)CC2)cc1. The van der Waals surface area contributed by atoms with E-state index in [-0.39, 0.29) is 11.2 Å². The predicted octanol–water partition coefficient (Wildman–Crippen LogP) is 2.98. The molecule has 23 heavy (non-hydrogen) atoms. The van der Waals surface area contributed by atoms with Crippen LogP contribution in [0.4, 0.5) is 0 Å². The smallest absolute Gasteiger partial charge is 0.235 e. The highest BCUT2D eigenvalue weighted by Crippen LogP contribution is 2.26. The molecule has 1 amide bonds. The number of methoxy groups -OCH3 is 1. The molecule has 1 saturated heterocycles. The lowest BCUT2D eigenvalue weighted by molar-refractivity contribution is -0.132. The van der Waals surface area contributed by atoms with E-state index in [2.05, 4.69) is 18.7 Å². The van der Waals surface area contributed by atoms with E-state index in [1.165, 1.54) is 0 Å². The summed E-state index contributed by atoms with van der Waals surface area (Å²) in [5.74, 6) is 1.77. The molecule has 0 N–H and O–H groups in total. The summed E-state index contributed by atoms with van der Waals surface area (Å²) >= 11 is 1.62. The zero-order valence-electron chi connectivity index (χ0n) is 14.6. The number of benzene rings is 1. The first-order valence-corrected chi connectivity index (χ1v) is 9.19. The van der Waals surface area contributed by atoms with Crippen LogP contribution in [-0.4, -0.2) is 60.8 Å². The van der Waals surface area contributed by atoms with Crippen LogP contribution in [-0.2, 0) is 4.79 Å². The third-order valence-corrected chi connectivity index (χ3v) is 5.13. The fraction of sp³-hybridized carbons (Fsp3) is 0.611. The van der Waals surface area contributed by atoms with Crippen molar-refractivity contribution >= 4 is 17.7 Å². The number of ether oxygens (including phenoxy) is 1. The molecule has 1 atom stereocenters. The third kappa shape index (κ3) is 5.43. The Morgan fingerprint density at radius 1 is 1.13 bits per heavy atom. The van der Waals surface area contributed by atoms with Gasteiger partial charge in [0, 0.05) is 37.6 Å². The molecule has 1 fully saturated rings. The molecule has 1 aliphatic heterocycles. The Balaban J connectivity index is 1.82. The number of carbonyl (C=O) groups is 1. The molecule has 0 radical (unpaired) electrons. The van der Waals surface area contributed by atoms with Crippen LogP contribution in [0, 0.1) is 5.92 Å². The number of amides is 1. The van der Waals surface area contributed by atoms with Crippen LogP contribution in [0.15, 0.2) is 29.2 Å². The van der Waals surface area contributed by atoms with Crippen molar-refractivity contribution in [1.82, 2.24) is 9.80 Å². The zero-order valence-corrected chi connectivity index (χ0v) is 15.4. The minimum Gasteiger partial charge on any atom is -0.497 e. The largest absolute Gasteiger partial charge is 0.497 e. The fourth-order valence-corrected chi connectivity index (χ4v) is 3.78. The summed E-state index contributed by atoms with van der Waals surface area (Å²) in [7, 11) is 1.66. The van der Waals surface area contributed by atoms with Crippen LogP contribution in [0.25, 0.3) is 0 Å². The number of rotatable bonds is 6. The number of hydrogen-bond acceptors (Lipinski definition) is 4. The minimum atomic E-state index is -0.0555. The number of nitrogens with zero attached hydrogens (tertiary/aromatic N) is 2. The highest BCUT2D eigenvalue weighted by Gasteiger charge is 2.25. The van der Waals surface area contributed by atoms with Gasteiger partial charge >= 0.3 is 0 Å². The second-order valence-electron chi connectivity index (χ2n) is 6.46. The Labute approximate surface area is 144 Å². The average Bonchev–Trinajstić information content (AvgIpc) is 2.55. The Morgan fingerprint density at radius 2 is 1.74 bits per heavy atom. The van der Waals surface area contributed by atoms with Crippen molar-refractivity contribution in [3.05, 3.63) is 24.3 Å². The summed E-state index contributed by atoms with van der Waals surface area (Å²) in [6.45, 7) is 11.3. The molecule has 0 spiro atoms. The molecule has 1 unspecified atom stereocenters. The van der Waals surface area contributed by atoms with Crippen molar-refractivity contribution in [1.29, 1.82) is 0 Å². The second-order valence-corrected chi connectivity index (χ2v) is 7.87. The van der Waals surface area contributed by atoms with Crippen LogP contribution in [0.3, 0.4) is 0 Å². The van der Waals surface area contributed by atoms with Gasteiger partial charge in [-0.1, -0.05) is 13.8 Å². The fourth-order valence-electron chi connectivity index (χ4n) is 2.83. The van der Waals surface area contributed by atoms with Crippen LogP contribution in [0.1, 0.15) is 20.8 Å². The van der Waals surface area contributed by atoms with E-state index < -0.39 is 0 Å². The molecule has 2 rings (SSSR count). The standard InChI is InChI=1S/C18H28N2O2S/c1-14(2)13-19-9-11-20(12-10-19)18(21)15(3)23-17-7-5-16(22-4)6-8-17/h5-8,14-15H,9-13H2,1-4H3. The van der Waals surface area contributed by atoms with Crippen LogP contribution >= 0.6 is 11.8 Å². The van der Waals surface area contributed by atoms with Gasteiger partial charge < -0.3 is 9.64 Å². The van der Waals surface area contributed by atoms with Crippen molar-refractivity contribution in [2.24, 2.45) is 5.92 Å². The summed E-state index contributed by atoms with van der Waals surface area (Å²) in [5, 5.41) is -0.0555. The summed E-state index contributed by atoms with van der Waals surface area (Å²) in [6, 6.07) is 7.89. The zero-order chi connectivity index (χ0) is 16.8. The normalized spacial score (nSPS) is 17.3. The van der Waals surface area contributed by atoms with Crippen molar-refractivity contribution in [3.8, 4) is 5.75 Å². The van der Waals surface area contributed by atoms with Gasteiger partial charge in [0.15, 0.2) is 0 Å². The Hall–Kier alpha value is -1.20. The lowest BCUT2D eigenvalue weighted by Gasteiger charge is -2.36. The molecular weight excluding hydrogens is 308 g/mol. The van der Waals surface area contributed by atoms with Gasteiger partial charge in [-0.25, -0.2) is 0 Å². The highest BCUT2D eigenvalue weighted by atomic mass is 32.2. The van der Waals surface area contributed by atoms with Gasteiger partial charge in [-0.05, 0) is 37.1 Å². The molecule has 0 bridgehead atoms. The summed E-state index contributed by atoms with van der Waals surface area (Å²) in [6.07, 6.45) is 0. The van der Waals surface area contributed by atoms with E-state index in [0.29, 0.717) is 5.92 Å². The van der Waals surface area contributed by atoms with Gasteiger partial charge in [0.05, 0.1) is 12.4 Å².